The average Bonchev–Trinajstić information content (AvgIpc) is 2.89. The Hall–Kier alpha value is -1.75. The Morgan fingerprint density at radius 3 is 2.74 bits per heavy atom. The van der Waals surface area contributed by atoms with Gasteiger partial charge in [-0.25, -0.2) is 4.79 Å². The van der Waals surface area contributed by atoms with Crippen molar-refractivity contribution >= 4 is 6.09 Å². The minimum atomic E-state index is -0.220. The van der Waals surface area contributed by atoms with Gasteiger partial charge < -0.3 is 9.47 Å². The van der Waals surface area contributed by atoms with E-state index >= 15 is 0 Å². The number of amides is 1. The number of aryl methyl sites for hydroxylation is 1. The highest BCUT2D eigenvalue weighted by Crippen LogP contribution is 2.20. The highest BCUT2D eigenvalue weighted by Gasteiger charge is 2.33. The molecule has 0 N–H and O–H groups in total. The van der Waals surface area contributed by atoms with Gasteiger partial charge in [-0.15, -0.1) is 0 Å². The predicted octanol–water partition coefficient (Wildman–Crippen LogP) is 2.88. The van der Waals surface area contributed by atoms with Crippen LogP contribution in [-0.2, 0) is 4.74 Å². The van der Waals surface area contributed by atoms with Crippen LogP contribution in [0, 0.1) is 12.8 Å². The fourth-order valence-electron chi connectivity index (χ4n) is 3.12. The van der Waals surface area contributed by atoms with Crippen LogP contribution in [0.5, 0.6) is 5.75 Å². The summed E-state index contributed by atoms with van der Waals surface area (Å²) in [6, 6.07) is 7.89. The Bertz CT molecular complexity index is 541. The molecule has 2 saturated heterocycles. The smallest absolute Gasteiger partial charge is 0.411 e. The lowest BCUT2D eigenvalue weighted by atomic mass is 10.00. The minimum absolute atomic E-state index is 0.189. The number of rotatable bonds is 5. The summed E-state index contributed by atoms with van der Waals surface area (Å²) in [5.41, 5.74) is 1.09. The van der Waals surface area contributed by atoms with Crippen LogP contribution in [0.15, 0.2) is 24.3 Å². The lowest BCUT2D eigenvalue weighted by molar-refractivity contribution is 0.0960. The number of carbonyl (C=O) groups excluding carboxylic acids is 1. The second-order valence-electron chi connectivity index (χ2n) is 6.75. The molecule has 1 amide bonds. The molecule has 0 aliphatic carbocycles. The van der Waals surface area contributed by atoms with Gasteiger partial charge in [0, 0.05) is 13.1 Å². The Morgan fingerprint density at radius 2 is 2.00 bits per heavy atom. The predicted molar refractivity (Wildman–Crippen MR) is 88.5 cm³/mol. The first-order chi connectivity index (χ1) is 11.1. The van der Waals surface area contributed by atoms with E-state index in [0.29, 0.717) is 19.8 Å². The molecule has 2 heterocycles. The molecule has 126 valence electrons. The quantitative estimate of drug-likeness (QED) is 0.837. The fraction of sp³-hybridized carbons (Fsp3) is 0.611. The summed E-state index contributed by atoms with van der Waals surface area (Å²) in [5.74, 6) is 1.65. The fourth-order valence-corrected chi connectivity index (χ4v) is 3.12. The molecule has 5 heteroatoms. The maximum atomic E-state index is 12.0. The maximum Gasteiger partial charge on any atom is 0.411 e. The number of ether oxygens (including phenoxy) is 2. The van der Waals surface area contributed by atoms with Crippen LogP contribution in [0.1, 0.15) is 25.3 Å². The van der Waals surface area contributed by atoms with Crippen molar-refractivity contribution in [1.29, 1.82) is 0 Å². The standard InChI is InChI=1S/C18H26N2O3/c1-14-7-9-19(10-8-14)13-20-11-16(23-18(20)21)12-22-17-6-4-3-5-15(17)2/h3-6,14,16H,7-13H2,1-2H3. The van der Waals surface area contributed by atoms with Crippen molar-refractivity contribution < 1.29 is 14.3 Å². The highest BCUT2D eigenvalue weighted by atomic mass is 16.6. The number of nitrogens with zero attached hydrogens (tertiary/aromatic N) is 2. The number of hydrogen-bond acceptors (Lipinski definition) is 4. The topological polar surface area (TPSA) is 42.0 Å². The first-order valence-corrected chi connectivity index (χ1v) is 8.48. The van der Waals surface area contributed by atoms with Crippen molar-refractivity contribution in [1.82, 2.24) is 9.80 Å². The molecule has 3 rings (SSSR count). The van der Waals surface area contributed by atoms with Gasteiger partial charge in [0.15, 0.2) is 6.10 Å². The summed E-state index contributed by atoms with van der Waals surface area (Å²) in [6.45, 7) is 8.12. The lowest BCUT2D eigenvalue weighted by Crippen LogP contribution is -2.42. The van der Waals surface area contributed by atoms with Crippen molar-refractivity contribution in [3.8, 4) is 5.75 Å². The van der Waals surface area contributed by atoms with E-state index in [9.17, 15) is 4.79 Å². The van der Waals surface area contributed by atoms with E-state index in [2.05, 4.69) is 11.8 Å². The zero-order chi connectivity index (χ0) is 16.2. The first kappa shape index (κ1) is 16.1. The van der Waals surface area contributed by atoms with Crippen LogP contribution in [0.2, 0.25) is 0 Å². The summed E-state index contributed by atoms with van der Waals surface area (Å²) in [4.78, 5) is 16.2. The van der Waals surface area contributed by atoms with E-state index in [1.807, 2.05) is 31.2 Å². The van der Waals surface area contributed by atoms with Gasteiger partial charge in [-0.3, -0.25) is 9.80 Å². The van der Waals surface area contributed by atoms with Crippen LogP contribution >= 0.6 is 0 Å². The lowest BCUT2D eigenvalue weighted by Gasteiger charge is -2.32. The van der Waals surface area contributed by atoms with Crippen molar-refractivity contribution in [3.05, 3.63) is 29.8 Å². The summed E-state index contributed by atoms with van der Waals surface area (Å²) >= 11 is 0. The number of cyclic esters (lactones) is 1. The molecule has 23 heavy (non-hydrogen) atoms. The average molecular weight is 318 g/mol. The number of carbonyl (C=O) groups is 1. The van der Waals surface area contributed by atoms with Gasteiger partial charge in [0.2, 0.25) is 0 Å². The van der Waals surface area contributed by atoms with Gasteiger partial charge in [0.25, 0.3) is 0 Å². The Kier molecular flexibility index (Phi) is 5.06. The monoisotopic (exact) mass is 318 g/mol. The molecule has 0 spiro atoms. The van der Waals surface area contributed by atoms with Crippen LogP contribution < -0.4 is 4.74 Å². The number of likely N-dealkylation sites (tertiary alicyclic amines) is 1. The molecule has 5 nitrogen and oxygen atoms in total. The van der Waals surface area contributed by atoms with Crippen molar-refractivity contribution in [2.24, 2.45) is 5.92 Å². The minimum Gasteiger partial charge on any atom is -0.489 e. The summed E-state index contributed by atoms with van der Waals surface area (Å²) < 4.78 is 11.2. The summed E-state index contributed by atoms with van der Waals surface area (Å²) in [7, 11) is 0. The molecule has 1 aromatic carbocycles. The number of piperidine rings is 1. The maximum absolute atomic E-state index is 12.0. The summed E-state index contributed by atoms with van der Waals surface area (Å²) in [6.07, 6.45) is 2.01. The Balaban J connectivity index is 1.47. The molecule has 2 aliphatic rings. The third-order valence-electron chi connectivity index (χ3n) is 4.71. The van der Waals surface area contributed by atoms with Crippen molar-refractivity contribution in [3.63, 3.8) is 0 Å². The van der Waals surface area contributed by atoms with E-state index in [4.69, 9.17) is 9.47 Å². The number of hydrogen-bond donors (Lipinski definition) is 0. The first-order valence-electron chi connectivity index (χ1n) is 8.48. The van der Waals surface area contributed by atoms with Gasteiger partial charge in [-0.1, -0.05) is 25.1 Å². The zero-order valence-corrected chi connectivity index (χ0v) is 14.0. The van der Waals surface area contributed by atoms with Crippen LogP contribution in [0.25, 0.3) is 0 Å². The number of para-hydroxylation sites is 1. The molecular formula is C18H26N2O3. The largest absolute Gasteiger partial charge is 0.489 e. The molecule has 2 aliphatic heterocycles. The van der Waals surface area contributed by atoms with Gasteiger partial charge in [-0.2, -0.15) is 0 Å². The Morgan fingerprint density at radius 1 is 1.26 bits per heavy atom. The van der Waals surface area contributed by atoms with Crippen molar-refractivity contribution in [2.75, 3.05) is 32.9 Å². The molecule has 0 aromatic heterocycles. The van der Waals surface area contributed by atoms with E-state index < -0.39 is 0 Å². The van der Waals surface area contributed by atoms with Gasteiger partial charge in [0.05, 0.1) is 13.2 Å². The third-order valence-corrected chi connectivity index (χ3v) is 4.71. The molecule has 0 bridgehead atoms. The molecule has 2 fully saturated rings. The highest BCUT2D eigenvalue weighted by molar-refractivity contribution is 5.69. The molecule has 0 radical (unpaired) electrons. The van der Waals surface area contributed by atoms with Crippen LogP contribution in [0.4, 0.5) is 4.79 Å². The number of benzene rings is 1. The van der Waals surface area contributed by atoms with Crippen molar-refractivity contribution in [2.45, 2.75) is 32.8 Å². The molecule has 1 aromatic rings. The molecule has 1 unspecified atom stereocenters. The van der Waals surface area contributed by atoms with Gasteiger partial charge >= 0.3 is 6.09 Å². The molecule has 0 saturated carbocycles. The molecule has 1 atom stereocenters. The summed E-state index contributed by atoms with van der Waals surface area (Å²) in [5, 5.41) is 0. The van der Waals surface area contributed by atoms with Crippen LogP contribution in [-0.4, -0.2) is 54.9 Å². The van der Waals surface area contributed by atoms with Crippen LogP contribution in [0.3, 0.4) is 0 Å². The van der Waals surface area contributed by atoms with E-state index in [1.165, 1.54) is 12.8 Å². The van der Waals surface area contributed by atoms with E-state index in [0.717, 1.165) is 30.3 Å². The van der Waals surface area contributed by atoms with Gasteiger partial charge in [-0.05, 0) is 37.3 Å². The normalized spacial score (nSPS) is 23.1. The second-order valence-corrected chi connectivity index (χ2v) is 6.75. The van der Waals surface area contributed by atoms with E-state index in [-0.39, 0.29) is 12.2 Å². The molecular weight excluding hydrogens is 292 g/mol. The zero-order valence-electron chi connectivity index (χ0n) is 14.0. The second kappa shape index (κ2) is 7.21. The SMILES string of the molecule is Cc1ccccc1OCC1CN(CN2CCC(C)CC2)C(=O)O1. The van der Waals surface area contributed by atoms with E-state index in [1.54, 1.807) is 4.90 Å². The third kappa shape index (κ3) is 4.16. The van der Waals surface area contributed by atoms with Gasteiger partial charge in [0.1, 0.15) is 12.4 Å². The Labute approximate surface area is 138 Å².